The second kappa shape index (κ2) is 12.8. The molecule has 6 nitrogen and oxygen atoms in total. The van der Waals surface area contributed by atoms with E-state index in [2.05, 4.69) is 51.3 Å². The number of anilines is 1. The van der Waals surface area contributed by atoms with Gasteiger partial charge in [0.25, 0.3) is 0 Å². The van der Waals surface area contributed by atoms with Crippen LogP contribution in [0.3, 0.4) is 0 Å². The Balaban J connectivity index is 1.48. The first kappa shape index (κ1) is 30.3. The van der Waals surface area contributed by atoms with Crippen molar-refractivity contribution in [3.63, 3.8) is 0 Å². The quantitative estimate of drug-likeness (QED) is 0.124. The second-order valence-electron chi connectivity index (χ2n) is 11.6. The smallest absolute Gasteiger partial charge is 0.137 e. The van der Waals surface area contributed by atoms with Gasteiger partial charge in [-0.3, -0.25) is 9.81 Å². The van der Waals surface area contributed by atoms with Crippen LogP contribution in [0.1, 0.15) is 27.8 Å². The van der Waals surface area contributed by atoms with E-state index in [-0.39, 0.29) is 11.5 Å². The maximum Gasteiger partial charge on any atom is 0.137 e. The van der Waals surface area contributed by atoms with Gasteiger partial charge in [0.2, 0.25) is 0 Å². The third-order valence-corrected chi connectivity index (χ3v) is 8.68. The number of hydrogen-bond donors (Lipinski definition) is 2. The third kappa shape index (κ3) is 5.52. The number of nitrogens with zero attached hydrogens (tertiary/aromatic N) is 4. The van der Waals surface area contributed by atoms with Gasteiger partial charge in [-0.1, -0.05) is 97.1 Å². The summed E-state index contributed by atoms with van der Waals surface area (Å²) in [7, 11) is 2.04. The largest absolute Gasteiger partial charge is 0.384 e. The molecule has 0 radical (unpaired) electrons. The van der Waals surface area contributed by atoms with Crippen molar-refractivity contribution >= 4 is 22.7 Å². The van der Waals surface area contributed by atoms with E-state index in [1.165, 1.54) is 12.1 Å². The predicted molar refractivity (Wildman–Crippen MR) is 191 cm³/mol. The number of benzene rings is 4. The Morgan fingerprint density at radius 1 is 0.729 bits per heavy atom. The summed E-state index contributed by atoms with van der Waals surface area (Å²) in [6, 6.07) is 46.6. The van der Waals surface area contributed by atoms with Crippen LogP contribution in [0.5, 0.6) is 0 Å². The highest BCUT2D eigenvalue weighted by Gasteiger charge is 2.39. The zero-order valence-electron chi connectivity index (χ0n) is 26.3. The van der Waals surface area contributed by atoms with Crippen molar-refractivity contribution in [2.24, 2.45) is 0 Å². The van der Waals surface area contributed by atoms with Crippen molar-refractivity contribution in [2.45, 2.75) is 5.54 Å². The van der Waals surface area contributed by atoms with Crippen LogP contribution in [-0.4, -0.2) is 32.0 Å². The Labute approximate surface area is 278 Å². The first-order chi connectivity index (χ1) is 23.4. The fourth-order valence-electron chi connectivity index (χ4n) is 6.42. The van der Waals surface area contributed by atoms with E-state index in [0.29, 0.717) is 22.6 Å². The molecule has 3 aromatic heterocycles. The van der Waals surface area contributed by atoms with Gasteiger partial charge in [-0.2, -0.15) is 0 Å². The number of pyridine rings is 2. The summed E-state index contributed by atoms with van der Waals surface area (Å²) < 4.78 is 16.0. The van der Waals surface area contributed by atoms with Gasteiger partial charge in [0, 0.05) is 36.1 Å². The van der Waals surface area contributed by atoms with Crippen LogP contribution in [0.25, 0.3) is 22.6 Å². The van der Waals surface area contributed by atoms with Crippen molar-refractivity contribution in [3.05, 3.63) is 198 Å². The van der Waals surface area contributed by atoms with Crippen LogP contribution in [0.2, 0.25) is 0 Å². The summed E-state index contributed by atoms with van der Waals surface area (Å²) in [6.07, 6.45) is 5.76. The van der Waals surface area contributed by atoms with Crippen molar-refractivity contribution in [2.75, 3.05) is 12.8 Å². The van der Waals surface area contributed by atoms with E-state index in [1.54, 1.807) is 24.4 Å². The van der Waals surface area contributed by atoms with Crippen LogP contribution in [0.15, 0.2) is 164 Å². The Hall–Kier alpha value is -6.34. The summed E-state index contributed by atoms with van der Waals surface area (Å²) in [5.74, 6) is 0.0579. The van der Waals surface area contributed by atoms with Gasteiger partial charge in [0.05, 0.1) is 23.3 Å². The van der Waals surface area contributed by atoms with Gasteiger partial charge in [-0.15, -0.1) is 0 Å². The number of nitrogens with two attached hydrogens (primary N) is 1. The highest BCUT2D eigenvalue weighted by Crippen LogP contribution is 2.42. The fourth-order valence-corrected chi connectivity index (χ4v) is 6.42. The standard InChI is InChI=1S/C41H33FN6/c1-47(41(31-12-5-2-6-13-31,32-14-7-3-8-15-32)33-16-9-4-10-17-33)28-35(40(44)29-20-23-34(42)24-21-29)30-22-25-39-45-26-37(48(39)27-30)36-18-11-19-38(43)46-36/h2-28,44H,1H3,(H2,43,46)/b35-28-,44-40?. The first-order valence-electron chi connectivity index (χ1n) is 15.6. The highest BCUT2D eigenvalue weighted by molar-refractivity contribution is 6.30. The molecule has 0 bridgehead atoms. The molecular formula is C41H33FN6. The van der Waals surface area contributed by atoms with Gasteiger partial charge < -0.3 is 10.6 Å². The Kier molecular flexibility index (Phi) is 8.09. The molecule has 0 atom stereocenters. The molecule has 0 amide bonds. The maximum absolute atomic E-state index is 14.1. The first-order valence-corrected chi connectivity index (χ1v) is 15.6. The van der Waals surface area contributed by atoms with Gasteiger partial charge >= 0.3 is 0 Å². The number of nitrogen functional groups attached to an aromatic ring is 1. The van der Waals surface area contributed by atoms with Crippen molar-refractivity contribution in [1.29, 1.82) is 5.41 Å². The number of allylic oxidation sites excluding steroid dienone is 1. The van der Waals surface area contributed by atoms with Crippen LogP contribution in [0.4, 0.5) is 10.2 Å². The summed E-state index contributed by atoms with van der Waals surface area (Å²) >= 11 is 0. The van der Waals surface area contributed by atoms with E-state index in [0.717, 1.165) is 33.6 Å². The average molecular weight is 629 g/mol. The molecule has 0 aliphatic rings. The number of aromatic nitrogens is 3. The van der Waals surface area contributed by atoms with Crippen LogP contribution in [-0.2, 0) is 5.54 Å². The van der Waals surface area contributed by atoms with E-state index >= 15 is 0 Å². The molecule has 0 fully saturated rings. The van der Waals surface area contributed by atoms with Gasteiger partial charge in [-0.05, 0) is 65.2 Å². The second-order valence-corrected chi connectivity index (χ2v) is 11.6. The SMILES string of the molecule is CN(/C=C(\C(=N)c1ccc(F)cc1)c1ccc2ncc(-c3cccc(N)n3)n2c1)C(c1ccccc1)(c1ccccc1)c1ccccc1. The Bertz CT molecular complexity index is 2130. The number of halogens is 1. The third-order valence-electron chi connectivity index (χ3n) is 8.68. The summed E-state index contributed by atoms with van der Waals surface area (Å²) in [5.41, 5.74) is 12.9. The van der Waals surface area contributed by atoms with E-state index in [1.807, 2.05) is 103 Å². The molecule has 0 unspecified atom stereocenters. The van der Waals surface area contributed by atoms with E-state index in [9.17, 15) is 9.80 Å². The lowest BCUT2D eigenvalue weighted by Crippen LogP contribution is -2.43. The molecule has 7 rings (SSSR count). The van der Waals surface area contributed by atoms with Gasteiger partial charge in [0.1, 0.15) is 22.8 Å². The van der Waals surface area contributed by atoms with E-state index < -0.39 is 5.54 Å². The number of fused-ring (bicyclic) bond motifs is 1. The normalized spacial score (nSPS) is 11.8. The molecule has 3 N–H and O–H groups in total. The summed E-state index contributed by atoms with van der Waals surface area (Å²) in [6.45, 7) is 0. The van der Waals surface area contributed by atoms with E-state index in [4.69, 9.17) is 5.73 Å². The Morgan fingerprint density at radius 3 is 1.85 bits per heavy atom. The average Bonchev–Trinajstić information content (AvgIpc) is 3.56. The molecule has 0 spiro atoms. The molecule has 0 aliphatic heterocycles. The zero-order valence-corrected chi connectivity index (χ0v) is 26.3. The molecule has 0 saturated carbocycles. The Morgan fingerprint density at radius 2 is 1.29 bits per heavy atom. The fraction of sp³-hybridized carbons (Fsp3) is 0.0488. The number of rotatable bonds is 9. The molecule has 0 saturated heterocycles. The van der Waals surface area contributed by atoms with Crippen LogP contribution < -0.4 is 5.73 Å². The molecular weight excluding hydrogens is 595 g/mol. The van der Waals surface area contributed by atoms with Crippen LogP contribution in [0, 0.1) is 11.2 Å². The van der Waals surface area contributed by atoms with Crippen molar-refractivity contribution < 1.29 is 4.39 Å². The lowest BCUT2D eigenvalue weighted by Gasteiger charge is -2.43. The topological polar surface area (TPSA) is 83.3 Å². The highest BCUT2D eigenvalue weighted by atomic mass is 19.1. The van der Waals surface area contributed by atoms with Crippen LogP contribution >= 0.6 is 0 Å². The minimum atomic E-state index is -0.770. The molecule has 7 aromatic rings. The predicted octanol–water partition coefficient (Wildman–Crippen LogP) is 8.45. The lowest BCUT2D eigenvalue weighted by atomic mass is 9.75. The maximum atomic E-state index is 14.1. The molecule has 4 aromatic carbocycles. The summed E-state index contributed by atoms with van der Waals surface area (Å²) in [5, 5.41) is 9.55. The molecule has 3 heterocycles. The summed E-state index contributed by atoms with van der Waals surface area (Å²) in [4.78, 5) is 11.3. The number of nitrogens with one attached hydrogen (secondary N) is 1. The zero-order chi connectivity index (χ0) is 33.1. The monoisotopic (exact) mass is 628 g/mol. The van der Waals surface area contributed by atoms with Gasteiger partial charge in [-0.25, -0.2) is 14.4 Å². The number of hydrogen-bond acceptors (Lipinski definition) is 5. The molecule has 234 valence electrons. The molecule has 48 heavy (non-hydrogen) atoms. The minimum Gasteiger partial charge on any atom is -0.384 e. The molecule has 7 heteroatoms. The van der Waals surface area contributed by atoms with Crippen molar-refractivity contribution in [1.82, 2.24) is 19.3 Å². The van der Waals surface area contributed by atoms with Crippen molar-refractivity contribution in [3.8, 4) is 11.4 Å². The minimum absolute atomic E-state index is 0.244. The molecule has 0 aliphatic carbocycles. The lowest BCUT2D eigenvalue weighted by molar-refractivity contribution is 0.282. The number of imidazole rings is 1. The van der Waals surface area contributed by atoms with Gasteiger partial charge in [0.15, 0.2) is 0 Å².